The van der Waals surface area contributed by atoms with Gasteiger partial charge in [-0.2, -0.15) is 0 Å². The minimum atomic E-state index is -1.06. The van der Waals surface area contributed by atoms with E-state index < -0.39 is 5.97 Å². The third-order valence-electron chi connectivity index (χ3n) is 2.16. The van der Waals surface area contributed by atoms with Gasteiger partial charge in [-0.1, -0.05) is 5.21 Å². The summed E-state index contributed by atoms with van der Waals surface area (Å²) in [6.45, 7) is 4.06. The molecule has 0 radical (unpaired) electrons. The smallest absolute Gasteiger partial charge is 0.358 e. The van der Waals surface area contributed by atoms with Crippen LogP contribution in [0, 0.1) is 13.8 Å². The maximum Gasteiger partial charge on any atom is 0.358 e. The van der Waals surface area contributed by atoms with E-state index in [1.54, 1.807) is 18.3 Å². The first-order valence-electron chi connectivity index (χ1n) is 4.62. The standard InChI is InChI=1S/C9H10N4O2S/c1-5-8(9(14)15)11-12-13(5)3-7-4-16-6(2)10-7/h4H,3H2,1-2H3,(H,14,15). The summed E-state index contributed by atoms with van der Waals surface area (Å²) in [6, 6.07) is 0. The van der Waals surface area contributed by atoms with Crippen LogP contribution < -0.4 is 0 Å². The number of aromatic nitrogens is 4. The van der Waals surface area contributed by atoms with Gasteiger partial charge >= 0.3 is 5.97 Å². The Labute approximate surface area is 95.6 Å². The Morgan fingerprint density at radius 2 is 2.31 bits per heavy atom. The molecule has 0 atom stereocenters. The zero-order valence-corrected chi connectivity index (χ0v) is 9.65. The Morgan fingerprint density at radius 3 is 2.81 bits per heavy atom. The predicted molar refractivity (Wildman–Crippen MR) is 57.7 cm³/mol. The van der Waals surface area contributed by atoms with Crippen molar-refractivity contribution >= 4 is 17.3 Å². The van der Waals surface area contributed by atoms with E-state index in [0.29, 0.717) is 12.2 Å². The van der Waals surface area contributed by atoms with Gasteiger partial charge in [0.25, 0.3) is 0 Å². The van der Waals surface area contributed by atoms with Crippen molar-refractivity contribution in [3.8, 4) is 0 Å². The first kappa shape index (κ1) is 10.7. The van der Waals surface area contributed by atoms with Crippen molar-refractivity contribution in [1.82, 2.24) is 20.0 Å². The minimum absolute atomic E-state index is 0.00745. The Morgan fingerprint density at radius 1 is 1.56 bits per heavy atom. The first-order chi connectivity index (χ1) is 7.58. The van der Waals surface area contributed by atoms with Gasteiger partial charge in [0.15, 0.2) is 5.69 Å². The first-order valence-corrected chi connectivity index (χ1v) is 5.50. The molecule has 0 aliphatic heterocycles. The molecule has 0 aliphatic carbocycles. The maximum atomic E-state index is 10.8. The number of hydrogen-bond acceptors (Lipinski definition) is 5. The normalized spacial score (nSPS) is 10.6. The molecule has 0 amide bonds. The van der Waals surface area contributed by atoms with E-state index in [1.807, 2.05) is 12.3 Å². The Kier molecular flexibility index (Phi) is 2.69. The average Bonchev–Trinajstić information content (AvgIpc) is 2.76. The highest BCUT2D eigenvalue weighted by Gasteiger charge is 2.15. The largest absolute Gasteiger partial charge is 0.476 e. The number of carboxylic acids is 1. The highest BCUT2D eigenvalue weighted by Crippen LogP contribution is 2.11. The van der Waals surface area contributed by atoms with Crippen LogP contribution in [0.3, 0.4) is 0 Å². The van der Waals surface area contributed by atoms with Crippen LogP contribution in [0.15, 0.2) is 5.38 Å². The number of nitrogens with zero attached hydrogens (tertiary/aromatic N) is 4. The quantitative estimate of drug-likeness (QED) is 0.865. The summed E-state index contributed by atoms with van der Waals surface area (Å²) in [7, 11) is 0. The number of hydrogen-bond donors (Lipinski definition) is 1. The number of aryl methyl sites for hydroxylation is 1. The van der Waals surface area contributed by atoms with E-state index in [4.69, 9.17) is 5.11 Å². The van der Waals surface area contributed by atoms with Crippen molar-refractivity contribution in [2.45, 2.75) is 20.4 Å². The van der Waals surface area contributed by atoms with Crippen LogP contribution in [0.1, 0.15) is 26.9 Å². The molecule has 2 rings (SSSR count). The van der Waals surface area contributed by atoms with Gasteiger partial charge < -0.3 is 5.11 Å². The summed E-state index contributed by atoms with van der Waals surface area (Å²) in [5, 5.41) is 19.1. The number of thiazole rings is 1. The second kappa shape index (κ2) is 4.01. The zero-order valence-electron chi connectivity index (χ0n) is 8.84. The molecule has 0 aliphatic rings. The molecule has 0 spiro atoms. The molecule has 0 saturated heterocycles. The van der Waals surface area contributed by atoms with Crippen molar-refractivity contribution in [2.75, 3.05) is 0 Å². The second-order valence-corrected chi connectivity index (χ2v) is 4.41. The lowest BCUT2D eigenvalue weighted by Gasteiger charge is -1.99. The molecular formula is C9H10N4O2S. The van der Waals surface area contributed by atoms with Crippen LogP contribution in [0.25, 0.3) is 0 Å². The molecule has 2 aromatic heterocycles. The van der Waals surface area contributed by atoms with Crippen LogP contribution in [0.2, 0.25) is 0 Å². The van der Waals surface area contributed by atoms with Crippen molar-refractivity contribution in [1.29, 1.82) is 0 Å². The molecule has 0 fully saturated rings. The third-order valence-corrected chi connectivity index (χ3v) is 2.99. The minimum Gasteiger partial charge on any atom is -0.476 e. The number of rotatable bonds is 3. The van der Waals surface area contributed by atoms with E-state index in [9.17, 15) is 4.79 Å². The molecule has 7 heteroatoms. The molecule has 84 valence electrons. The summed E-state index contributed by atoms with van der Waals surface area (Å²) in [4.78, 5) is 15.0. The maximum absolute atomic E-state index is 10.8. The number of carbonyl (C=O) groups is 1. The topological polar surface area (TPSA) is 80.9 Å². The Bertz CT molecular complexity index is 531. The SMILES string of the molecule is Cc1nc(Cn2nnc(C(=O)O)c2C)cs1. The molecule has 0 bridgehead atoms. The predicted octanol–water partition coefficient (Wildman–Crippen LogP) is 1.10. The molecular weight excluding hydrogens is 228 g/mol. The summed E-state index contributed by atoms with van der Waals surface area (Å²) in [6.07, 6.45) is 0. The Balaban J connectivity index is 2.25. The molecule has 2 aromatic rings. The van der Waals surface area contributed by atoms with Crippen LogP contribution in [-0.2, 0) is 6.54 Å². The molecule has 2 heterocycles. The van der Waals surface area contributed by atoms with Crippen molar-refractivity contribution < 1.29 is 9.90 Å². The Hall–Kier alpha value is -1.76. The molecule has 0 aromatic carbocycles. The third kappa shape index (κ3) is 1.94. The summed E-state index contributed by atoms with van der Waals surface area (Å²) < 4.78 is 1.54. The van der Waals surface area contributed by atoms with Gasteiger partial charge in [0.2, 0.25) is 0 Å². The van der Waals surface area contributed by atoms with E-state index in [0.717, 1.165) is 10.7 Å². The van der Waals surface area contributed by atoms with Gasteiger partial charge in [0, 0.05) is 5.38 Å². The number of aromatic carboxylic acids is 1. The zero-order chi connectivity index (χ0) is 11.7. The average molecular weight is 238 g/mol. The highest BCUT2D eigenvalue weighted by molar-refractivity contribution is 7.09. The van der Waals surface area contributed by atoms with Crippen LogP contribution in [0.5, 0.6) is 0 Å². The van der Waals surface area contributed by atoms with Crippen molar-refractivity contribution in [3.05, 3.63) is 27.5 Å². The van der Waals surface area contributed by atoms with E-state index in [1.165, 1.54) is 4.68 Å². The van der Waals surface area contributed by atoms with E-state index in [-0.39, 0.29) is 5.69 Å². The molecule has 1 N–H and O–H groups in total. The van der Waals surface area contributed by atoms with Gasteiger partial charge in [-0.3, -0.25) is 0 Å². The van der Waals surface area contributed by atoms with Gasteiger partial charge in [0.05, 0.1) is 22.9 Å². The van der Waals surface area contributed by atoms with Crippen molar-refractivity contribution in [2.24, 2.45) is 0 Å². The van der Waals surface area contributed by atoms with Crippen LogP contribution in [0.4, 0.5) is 0 Å². The summed E-state index contributed by atoms with van der Waals surface area (Å²) in [5.74, 6) is -1.06. The highest BCUT2D eigenvalue weighted by atomic mass is 32.1. The van der Waals surface area contributed by atoms with Gasteiger partial charge in [-0.25, -0.2) is 14.5 Å². The summed E-state index contributed by atoms with van der Waals surface area (Å²) >= 11 is 1.55. The number of carboxylic acid groups (broad SMARTS) is 1. The van der Waals surface area contributed by atoms with Crippen molar-refractivity contribution in [3.63, 3.8) is 0 Å². The lowest BCUT2D eigenvalue weighted by atomic mass is 10.3. The lowest BCUT2D eigenvalue weighted by Crippen LogP contribution is -2.06. The molecule has 16 heavy (non-hydrogen) atoms. The molecule has 0 saturated carbocycles. The second-order valence-electron chi connectivity index (χ2n) is 3.34. The van der Waals surface area contributed by atoms with Gasteiger partial charge in [-0.15, -0.1) is 16.4 Å². The fraction of sp³-hybridized carbons (Fsp3) is 0.333. The van der Waals surface area contributed by atoms with E-state index in [2.05, 4.69) is 15.3 Å². The monoisotopic (exact) mass is 238 g/mol. The fourth-order valence-corrected chi connectivity index (χ4v) is 1.95. The van der Waals surface area contributed by atoms with E-state index >= 15 is 0 Å². The van der Waals surface area contributed by atoms with Gasteiger partial charge in [0.1, 0.15) is 0 Å². The van der Waals surface area contributed by atoms with Gasteiger partial charge in [-0.05, 0) is 13.8 Å². The molecule has 0 unspecified atom stereocenters. The fourth-order valence-electron chi connectivity index (χ4n) is 1.34. The van der Waals surface area contributed by atoms with Crippen LogP contribution >= 0.6 is 11.3 Å². The van der Waals surface area contributed by atoms with Crippen LogP contribution in [-0.4, -0.2) is 31.1 Å². The lowest BCUT2D eigenvalue weighted by molar-refractivity contribution is 0.0689. The summed E-state index contributed by atoms with van der Waals surface area (Å²) in [5.41, 5.74) is 1.40. The molecule has 6 nitrogen and oxygen atoms in total.